The minimum Gasteiger partial charge on any atom is -0.494 e. The predicted octanol–water partition coefficient (Wildman–Crippen LogP) is 4.63. The van der Waals surface area contributed by atoms with Crippen molar-refractivity contribution in [2.45, 2.75) is 25.7 Å². The second kappa shape index (κ2) is 23.6. The van der Waals surface area contributed by atoms with Crippen molar-refractivity contribution in [2.24, 2.45) is 0 Å². The van der Waals surface area contributed by atoms with Crippen LogP contribution in [0.15, 0.2) is 24.3 Å². The Morgan fingerprint density at radius 1 is 0.596 bits per heavy atom. The number of halogens is 4. The van der Waals surface area contributed by atoms with Crippen molar-refractivity contribution in [3.63, 3.8) is 0 Å². The third-order valence-corrected chi connectivity index (χ3v) is 7.66. The molecular formula is C24H32Cl4O17P2. The van der Waals surface area contributed by atoms with Crippen LogP contribution in [-0.2, 0) is 18.7 Å². The van der Waals surface area contributed by atoms with E-state index in [1.54, 1.807) is 0 Å². The first-order chi connectivity index (χ1) is 21.0. The highest BCUT2D eigenvalue weighted by Gasteiger charge is 2.19. The average molecular weight is 796 g/mol. The lowest BCUT2D eigenvalue weighted by Gasteiger charge is -2.07. The van der Waals surface area contributed by atoms with Crippen molar-refractivity contribution in [3.05, 3.63) is 55.5 Å². The van der Waals surface area contributed by atoms with Crippen LogP contribution in [0, 0.1) is 0 Å². The van der Waals surface area contributed by atoms with Crippen molar-refractivity contribution in [1.29, 1.82) is 0 Å². The molecule has 0 saturated carbocycles. The summed E-state index contributed by atoms with van der Waals surface area (Å²) < 4.78 is 29.9. The largest absolute Gasteiger partial charge is 0.494 e. The average Bonchev–Trinajstić information content (AvgIpc) is 2.89. The standard InChI is InChI=1S/2C8H6Cl2O3.2C4H9O5P.H2O/c2*1-13-7-5(10)3-2-4(9)6(7)8(11)12;2*5-4(6)2-1-3-10(7,8)9;/h2*2-3H,1H3,(H,11,12);2*1-3H2,(H,5,6)(H2,7,8,9);1H2. The Kier molecular flexibility index (Phi) is 24.5. The maximum absolute atomic E-state index is 10.7. The number of aromatic carboxylic acids is 2. The molecule has 2 rings (SSSR count). The molecule has 0 aromatic heterocycles. The summed E-state index contributed by atoms with van der Waals surface area (Å²) in [5.74, 6) is -4.22. The fraction of sp³-hybridized carbons (Fsp3) is 0.333. The van der Waals surface area contributed by atoms with E-state index in [1.807, 2.05) is 0 Å². The summed E-state index contributed by atoms with van der Waals surface area (Å²) in [6.07, 6.45) is -1.02. The third kappa shape index (κ3) is 22.5. The van der Waals surface area contributed by atoms with Gasteiger partial charge >= 0.3 is 39.1 Å². The normalized spacial score (nSPS) is 10.3. The van der Waals surface area contributed by atoms with E-state index >= 15 is 0 Å². The zero-order valence-electron chi connectivity index (χ0n) is 24.3. The molecule has 0 aliphatic heterocycles. The molecule has 0 bridgehead atoms. The van der Waals surface area contributed by atoms with E-state index in [0.717, 1.165) is 0 Å². The quantitative estimate of drug-likeness (QED) is 0.136. The first-order valence-corrected chi connectivity index (χ1v) is 17.1. The third-order valence-electron chi connectivity index (χ3n) is 4.63. The highest BCUT2D eigenvalue weighted by molar-refractivity contribution is 7.52. The number of carboxylic acids is 4. The van der Waals surface area contributed by atoms with E-state index < -0.39 is 39.1 Å². The van der Waals surface area contributed by atoms with Gasteiger partial charge in [-0.3, -0.25) is 18.7 Å². The maximum atomic E-state index is 10.7. The van der Waals surface area contributed by atoms with E-state index in [2.05, 4.69) is 0 Å². The number of hydrogen-bond acceptors (Lipinski definition) is 8. The number of carbonyl (C=O) groups is 4. The zero-order chi connectivity index (χ0) is 36.4. The molecule has 0 radical (unpaired) electrons. The van der Waals surface area contributed by atoms with E-state index in [0.29, 0.717) is 0 Å². The van der Waals surface area contributed by atoms with Crippen LogP contribution in [0.5, 0.6) is 11.5 Å². The molecule has 2 aromatic rings. The Morgan fingerprint density at radius 2 is 0.851 bits per heavy atom. The molecular weight excluding hydrogens is 764 g/mol. The van der Waals surface area contributed by atoms with Crippen molar-refractivity contribution < 1.29 is 83.3 Å². The molecule has 0 saturated heterocycles. The summed E-state index contributed by atoms with van der Waals surface area (Å²) in [5, 5.41) is 34.3. The number of hydrogen-bond donors (Lipinski definition) is 8. The van der Waals surface area contributed by atoms with Crippen molar-refractivity contribution in [1.82, 2.24) is 0 Å². The Labute approximate surface area is 287 Å². The molecule has 0 atom stereocenters. The summed E-state index contributed by atoms with van der Waals surface area (Å²) in [5.41, 5.74) is -0.228. The molecule has 0 aliphatic rings. The van der Waals surface area contributed by atoms with Crippen LogP contribution in [0.3, 0.4) is 0 Å². The lowest BCUT2D eigenvalue weighted by Crippen LogP contribution is -2.01. The second-order valence-corrected chi connectivity index (χ2v) is 13.4. The SMILES string of the molecule is COc1c(Cl)ccc(Cl)c1C(=O)O.COc1c(Cl)ccc(Cl)c1C(=O)O.O.O=C(O)CCCP(=O)(O)O.O=C(O)CCCP(=O)(O)O. The number of methoxy groups -OCH3 is 2. The van der Waals surface area contributed by atoms with Crippen LogP contribution in [-0.4, -0.2) is 95.9 Å². The lowest BCUT2D eigenvalue weighted by atomic mass is 10.2. The van der Waals surface area contributed by atoms with Crippen LogP contribution in [0.2, 0.25) is 20.1 Å². The Balaban J connectivity index is -0.000000551. The van der Waals surface area contributed by atoms with Crippen LogP contribution >= 0.6 is 61.6 Å². The molecule has 268 valence electrons. The number of benzene rings is 2. The smallest absolute Gasteiger partial charge is 0.341 e. The fourth-order valence-electron chi connectivity index (χ4n) is 2.74. The van der Waals surface area contributed by atoms with Gasteiger partial charge in [0.05, 0.1) is 46.6 Å². The first-order valence-electron chi connectivity index (χ1n) is 12.0. The van der Waals surface area contributed by atoms with Gasteiger partial charge in [-0.25, -0.2) is 9.59 Å². The molecule has 47 heavy (non-hydrogen) atoms. The molecule has 0 aliphatic carbocycles. The number of carboxylic acid groups (broad SMARTS) is 4. The topological polar surface area (TPSA) is 314 Å². The number of rotatable bonds is 12. The number of ether oxygens (including phenoxy) is 2. The van der Waals surface area contributed by atoms with Crippen LogP contribution < -0.4 is 9.47 Å². The molecule has 0 spiro atoms. The van der Waals surface area contributed by atoms with Gasteiger partial charge in [0.2, 0.25) is 0 Å². The first kappa shape index (κ1) is 48.7. The fourth-order valence-corrected chi connectivity index (χ4v) is 4.81. The summed E-state index contributed by atoms with van der Waals surface area (Å²) >= 11 is 22.7. The molecule has 17 nitrogen and oxygen atoms in total. The minimum absolute atomic E-state index is 0. The Morgan fingerprint density at radius 3 is 1.02 bits per heavy atom. The molecule has 0 fully saturated rings. The Hall–Kier alpha value is -2.66. The molecule has 0 unspecified atom stereocenters. The Bertz CT molecular complexity index is 1340. The van der Waals surface area contributed by atoms with Crippen molar-refractivity contribution >= 4 is 85.5 Å². The van der Waals surface area contributed by atoms with Crippen molar-refractivity contribution in [3.8, 4) is 11.5 Å². The highest BCUT2D eigenvalue weighted by atomic mass is 35.5. The zero-order valence-corrected chi connectivity index (χ0v) is 29.1. The number of aliphatic carboxylic acids is 2. The van der Waals surface area contributed by atoms with Gasteiger partial charge in [0.25, 0.3) is 0 Å². The molecule has 10 N–H and O–H groups in total. The van der Waals surface area contributed by atoms with Crippen LogP contribution in [0.1, 0.15) is 46.4 Å². The molecule has 0 heterocycles. The predicted molar refractivity (Wildman–Crippen MR) is 171 cm³/mol. The summed E-state index contributed by atoms with van der Waals surface area (Å²) in [7, 11) is -5.30. The highest BCUT2D eigenvalue weighted by Crippen LogP contribution is 2.36. The summed E-state index contributed by atoms with van der Waals surface area (Å²) in [4.78, 5) is 74.1. The second-order valence-electron chi connectivity index (χ2n) is 8.26. The van der Waals surface area contributed by atoms with Gasteiger partial charge in [0.1, 0.15) is 11.1 Å². The monoisotopic (exact) mass is 794 g/mol. The lowest BCUT2D eigenvalue weighted by molar-refractivity contribution is -0.138. The van der Waals surface area contributed by atoms with E-state index in [-0.39, 0.29) is 86.2 Å². The van der Waals surface area contributed by atoms with Gasteiger partial charge in [-0.1, -0.05) is 46.4 Å². The molecule has 0 amide bonds. The summed E-state index contributed by atoms with van der Waals surface area (Å²) in [6, 6.07) is 5.79. The molecule has 23 heteroatoms. The van der Waals surface area contributed by atoms with E-state index in [1.165, 1.54) is 38.5 Å². The van der Waals surface area contributed by atoms with E-state index in [4.69, 9.17) is 95.9 Å². The van der Waals surface area contributed by atoms with Gasteiger partial charge in [0.15, 0.2) is 11.5 Å². The van der Waals surface area contributed by atoms with Gasteiger partial charge in [-0.05, 0) is 37.1 Å². The molecule has 2 aromatic carbocycles. The van der Waals surface area contributed by atoms with Gasteiger partial charge < -0.3 is 54.9 Å². The van der Waals surface area contributed by atoms with E-state index in [9.17, 15) is 28.3 Å². The van der Waals surface area contributed by atoms with Gasteiger partial charge in [-0.15, -0.1) is 0 Å². The van der Waals surface area contributed by atoms with Gasteiger partial charge in [-0.2, -0.15) is 0 Å². The minimum atomic E-state index is -3.99. The van der Waals surface area contributed by atoms with Crippen molar-refractivity contribution in [2.75, 3.05) is 26.5 Å². The van der Waals surface area contributed by atoms with Gasteiger partial charge in [0, 0.05) is 12.8 Å². The maximum Gasteiger partial charge on any atom is 0.341 e. The summed E-state index contributed by atoms with van der Waals surface area (Å²) in [6.45, 7) is 0. The van der Waals surface area contributed by atoms with Crippen LogP contribution in [0.4, 0.5) is 0 Å². The van der Waals surface area contributed by atoms with Crippen LogP contribution in [0.25, 0.3) is 0 Å².